The second-order valence-corrected chi connectivity index (χ2v) is 12.0. The summed E-state index contributed by atoms with van der Waals surface area (Å²) < 4.78 is 19.5. The minimum atomic E-state index is -1.25. The summed E-state index contributed by atoms with van der Waals surface area (Å²) in [6.45, 7) is 4.60. The summed E-state index contributed by atoms with van der Waals surface area (Å²) in [6, 6.07) is 16.2. The van der Waals surface area contributed by atoms with Crippen molar-refractivity contribution in [2.24, 2.45) is 11.8 Å². The van der Waals surface area contributed by atoms with Gasteiger partial charge in [0.25, 0.3) is 11.8 Å². The van der Waals surface area contributed by atoms with Crippen LogP contribution in [0.2, 0.25) is 0 Å². The maximum atomic E-state index is 12.2. The molecule has 4 aliphatic heterocycles. The Hall–Kier alpha value is -2.90. The van der Waals surface area contributed by atoms with Crippen molar-refractivity contribution in [1.82, 2.24) is 10.2 Å². The van der Waals surface area contributed by atoms with Crippen molar-refractivity contribution in [2.45, 2.75) is 69.6 Å². The molecule has 1 saturated carbocycles. The molecule has 4 fully saturated rings. The number of nitrogens with zero attached hydrogens (tertiary/aromatic N) is 3. The Morgan fingerprint density at radius 1 is 0.974 bits per heavy atom. The highest BCUT2D eigenvalue weighted by atomic mass is 16.5. The second-order valence-electron chi connectivity index (χ2n) is 12.0. The van der Waals surface area contributed by atoms with E-state index in [9.17, 15) is 5.11 Å². The maximum Gasteiger partial charge on any atom is 0.271 e. The maximum absolute atomic E-state index is 12.2. The van der Waals surface area contributed by atoms with Gasteiger partial charge in [-0.15, -0.1) is 10.2 Å². The molecule has 0 spiro atoms. The first-order valence-electron chi connectivity index (χ1n) is 14.5. The summed E-state index contributed by atoms with van der Waals surface area (Å²) >= 11 is 0. The number of hydrogen-bond donors (Lipinski definition) is 1. The van der Waals surface area contributed by atoms with Gasteiger partial charge in [-0.1, -0.05) is 49.6 Å². The lowest BCUT2D eigenvalue weighted by molar-refractivity contribution is -0.959. The molecular formula is C31H38N3O4+. The fraction of sp³-hybridized carbons (Fsp3) is 0.548. The molecule has 3 aromatic rings. The second kappa shape index (κ2) is 9.69. The number of piperidine rings is 3. The Bertz CT molecular complexity index is 1260. The summed E-state index contributed by atoms with van der Waals surface area (Å²) in [7, 11) is 0. The quantitative estimate of drug-likeness (QED) is 0.445. The van der Waals surface area contributed by atoms with E-state index < -0.39 is 5.60 Å². The molecule has 5 aliphatic rings. The Labute approximate surface area is 224 Å². The van der Waals surface area contributed by atoms with E-state index in [2.05, 4.69) is 16.3 Å². The van der Waals surface area contributed by atoms with Crippen molar-refractivity contribution in [2.75, 3.05) is 26.2 Å². The van der Waals surface area contributed by atoms with Gasteiger partial charge in [0.15, 0.2) is 18.2 Å². The average Bonchev–Trinajstić information content (AvgIpc) is 3.64. The van der Waals surface area contributed by atoms with E-state index in [-0.39, 0.29) is 12.0 Å². The normalized spacial score (nSPS) is 28.4. The van der Waals surface area contributed by atoms with E-state index in [1.54, 1.807) is 0 Å². The van der Waals surface area contributed by atoms with Crippen molar-refractivity contribution in [3.63, 3.8) is 0 Å². The van der Waals surface area contributed by atoms with Gasteiger partial charge in [0.2, 0.25) is 0 Å². The molecule has 2 atom stereocenters. The lowest BCUT2D eigenvalue weighted by Crippen LogP contribution is -2.64. The van der Waals surface area contributed by atoms with E-state index >= 15 is 0 Å². The zero-order valence-electron chi connectivity index (χ0n) is 22.1. The zero-order chi connectivity index (χ0) is 25.6. The Morgan fingerprint density at radius 2 is 1.79 bits per heavy atom. The minimum absolute atomic E-state index is 0.0835. The number of hydrogen-bond acceptors (Lipinski definition) is 6. The van der Waals surface area contributed by atoms with Crippen LogP contribution in [-0.2, 0) is 18.6 Å². The van der Waals surface area contributed by atoms with Crippen LogP contribution in [0.3, 0.4) is 0 Å². The molecule has 1 aromatic heterocycles. The van der Waals surface area contributed by atoms with Crippen molar-refractivity contribution >= 4 is 0 Å². The van der Waals surface area contributed by atoms with Gasteiger partial charge in [0.1, 0.15) is 18.0 Å². The van der Waals surface area contributed by atoms with Gasteiger partial charge in [0, 0.05) is 36.7 Å². The molecule has 200 valence electrons. The third-order valence-electron chi connectivity index (χ3n) is 9.66. The van der Waals surface area contributed by atoms with E-state index in [0.29, 0.717) is 24.2 Å². The van der Waals surface area contributed by atoms with Gasteiger partial charge in [-0.25, -0.2) is 0 Å². The SMILES string of the molecule is O[C@](c1ccccc1)(c1nnc(C[N+]23CCC(CC2)[C@@H](Oc2ccc4c(c2)CCO4)C3)o1)C1CCCCC1. The Kier molecular flexibility index (Phi) is 6.16. The first kappa shape index (κ1) is 24.2. The molecule has 5 heterocycles. The van der Waals surface area contributed by atoms with Crippen molar-refractivity contribution in [3.8, 4) is 11.5 Å². The highest BCUT2D eigenvalue weighted by Crippen LogP contribution is 2.44. The molecule has 7 nitrogen and oxygen atoms in total. The van der Waals surface area contributed by atoms with Crippen LogP contribution in [0.5, 0.6) is 11.5 Å². The van der Waals surface area contributed by atoms with Crippen molar-refractivity contribution in [1.29, 1.82) is 0 Å². The molecule has 8 rings (SSSR count). The average molecular weight is 517 g/mol. The minimum Gasteiger partial charge on any atom is -0.493 e. The van der Waals surface area contributed by atoms with Crippen LogP contribution in [0.15, 0.2) is 52.9 Å². The third kappa shape index (κ3) is 4.30. The molecule has 1 N–H and O–H groups in total. The van der Waals surface area contributed by atoms with Crippen LogP contribution in [-0.4, -0.2) is 52.1 Å². The van der Waals surface area contributed by atoms with Crippen molar-refractivity contribution < 1.29 is 23.5 Å². The number of aliphatic hydroxyl groups is 1. The molecule has 0 unspecified atom stereocenters. The van der Waals surface area contributed by atoms with Gasteiger partial charge in [0.05, 0.1) is 19.7 Å². The fourth-order valence-electron chi connectivity index (χ4n) is 7.49. The number of fused-ring (bicyclic) bond motifs is 4. The molecule has 3 saturated heterocycles. The van der Waals surface area contributed by atoms with E-state index in [4.69, 9.17) is 13.9 Å². The third-order valence-corrected chi connectivity index (χ3v) is 9.66. The van der Waals surface area contributed by atoms with Crippen LogP contribution in [0.25, 0.3) is 0 Å². The fourth-order valence-corrected chi connectivity index (χ4v) is 7.49. The summed E-state index contributed by atoms with van der Waals surface area (Å²) in [5, 5.41) is 21.2. The zero-order valence-corrected chi connectivity index (χ0v) is 22.1. The molecule has 2 bridgehead atoms. The van der Waals surface area contributed by atoms with Gasteiger partial charge in [-0.05, 0) is 36.6 Å². The summed E-state index contributed by atoms with van der Waals surface area (Å²) in [6.07, 6.45) is 8.85. The van der Waals surface area contributed by atoms with Crippen LogP contribution in [0.1, 0.15) is 67.9 Å². The topological polar surface area (TPSA) is 77.6 Å². The highest BCUT2D eigenvalue weighted by molar-refractivity contribution is 5.42. The van der Waals surface area contributed by atoms with Gasteiger partial charge in [-0.2, -0.15) is 0 Å². The first-order valence-corrected chi connectivity index (χ1v) is 14.5. The number of quaternary nitrogens is 1. The van der Waals surface area contributed by atoms with Gasteiger partial charge in [-0.3, -0.25) is 0 Å². The summed E-state index contributed by atoms with van der Waals surface area (Å²) in [4.78, 5) is 0. The van der Waals surface area contributed by atoms with Crippen molar-refractivity contribution in [3.05, 3.63) is 71.4 Å². The van der Waals surface area contributed by atoms with E-state index in [1.807, 2.05) is 42.5 Å². The lowest BCUT2D eigenvalue weighted by Gasteiger charge is -2.51. The Balaban J connectivity index is 1.11. The molecule has 2 aromatic carbocycles. The van der Waals surface area contributed by atoms with E-state index in [0.717, 1.165) is 92.7 Å². The summed E-state index contributed by atoms with van der Waals surface area (Å²) in [5.74, 6) is 3.59. The van der Waals surface area contributed by atoms with Crippen LogP contribution < -0.4 is 9.47 Å². The predicted octanol–water partition coefficient (Wildman–Crippen LogP) is 5.01. The highest BCUT2D eigenvalue weighted by Gasteiger charge is 2.49. The molecule has 7 heteroatoms. The van der Waals surface area contributed by atoms with Crippen LogP contribution >= 0.6 is 0 Å². The van der Waals surface area contributed by atoms with E-state index in [1.165, 1.54) is 12.0 Å². The van der Waals surface area contributed by atoms with Crippen LogP contribution in [0.4, 0.5) is 0 Å². The molecular weight excluding hydrogens is 478 g/mol. The van der Waals surface area contributed by atoms with Gasteiger partial charge < -0.3 is 23.5 Å². The molecule has 1 aliphatic carbocycles. The number of ether oxygens (including phenoxy) is 2. The molecule has 38 heavy (non-hydrogen) atoms. The molecule has 0 amide bonds. The first-order chi connectivity index (χ1) is 18.6. The number of benzene rings is 2. The smallest absolute Gasteiger partial charge is 0.271 e. The number of rotatable bonds is 7. The van der Waals surface area contributed by atoms with Gasteiger partial charge >= 0.3 is 0 Å². The summed E-state index contributed by atoms with van der Waals surface area (Å²) in [5.41, 5.74) is 0.848. The lowest BCUT2D eigenvalue weighted by atomic mass is 9.73. The number of aromatic nitrogens is 2. The molecule has 0 radical (unpaired) electrons. The predicted molar refractivity (Wildman–Crippen MR) is 142 cm³/mol. The standard InChI is InChI=1S/C31H38N3O4/c35-31(24-7-3-1-4-8-24,25-9-5-2-6-10-25)30-33-32-29(38-30)21-34-16-13-22(14-17-34)28(20-34)37-26-11-12-27-23(19-26)15-18-36-27/h1,3-4,7-8,11-12,19,22,25,28,35H,2,5-6,9-10,13-18,20-21H2/q+1/t22?,28-,31-,34?/m0/s1. The van der Waals surface area contributed by atoms with Crippen LogP contribution in [0, 0.1) is 11.8 Å². The largest absolute Gasteiger partial charge is 0.493 e. The monoisotopic (exact) mass is 516 g/mol. The Morgan fingerprint density at radius 3 is 2.61 bits per heavy atom.